The summed E-state index contributed by atoms with van der Waals surface area (Å²) in [6, 6.07) is 11.0. The molecule has 1 saturated heterocycles. The fraction of sp³-hybridized carbons (Fsp3) is 0.250. The number of methoxy groups -OCH3 is 1. The van der Waals surface area contributed by atoms with Gasteiger partial charge in [0.15, 0.2) is 5.13 Å². The third-order valence-electron chi connectivity index (χ3n) is 4.90. The van der Waals surface area contributed by atoms with Crippen LogP contribution in [0.5, 0.6) is 5.75 Å². The Bertz CT molecular complexity index is 1160. The van der Waals surface area contributed by atoms with Crippen molar-refractivity contribution >= 4 is 38.1 Å². The molecular weight excluding hydrogens is 449 g/mol. The lowest BCUT2D eigenvalue weighted by Crippen LogP contribution is -2.48. The Balaban J connectivity index is 1.48. The van der Waals surface area contributed by atoms with Crippen LogP contribution in [-0.4, -0.2) is 51.0 Å². The molecule has 6 nitrogen and oxygen atoms in total. The van der Waals surface area contributed by atoms with E-state index in [9.17, 15) is 12.8 Å². The molecule has 1 aromatic heterocycles. The van der Waals surface area contributed by atoms with Crippen molar-refractivity contribution in [2.75, 3.05) is 38.2 Å². The molecule has 0 bridgehead atoms. The van der Waals surface area contributed by atoms with E-state index in [-0.39, 0.29) is 9.92 Å². The molecule has 1 aliphatic rings. The van der Waals surface area contributed by atoms with E-state index in [1.54, 1.807) is 7.11 Å². The van der Waals surface area contributed by atoms with Crippen LogP contribution in [0.3, 0.4) is 0 Å². The minimum Gasteiger partial charge on any atom is -0.496 e. The zero-order chi connectivity index (χ0) is 21.3. The highest BCUT2D eigenvalue weighted by molar-refractivity contribution is 7.89. The molecule has 30 heavy (non-hydrogen) atoms. The molecule has 0 atom stereocenters. The maximum absolute atomic E-state index is 13.3. The number of para-hydroxylation sites is 1. The van der Waals surface area contributed by atoms with Crippen molar-refractivity contribution in [3.05, 3.63) is 58.7 Å². The molecule has 2 heterocycles. The van der Waals surface area contributed by atoms with Crippen molar-refractivity contribution in [1.82, 2.24) is 9.29 Å². The number of aromatic nitrogens is 1. The summed E-state index contributed by atoms with van der Waals surface area (Å²) in [5.74, 6) is 0.180. The third-order valence-corrected chi connectivity index (χ3v) is 8.18. The number of ether oxygens (including phenoxy) is 1. The van der Waals surface area contributed by atoms with Crippen LogP contribution in [-0.2, 0) is 10.0 Å². The molecule has 10 heteroatoms. The summed E-state index contributed by atoms with van der Waals surface area (Å²) >= 11 is 7.48. The number of rotatable bonds is 5. The highest BCUT2D eigenvalue weighted by atomic mass is 35.5. The summed E-state index contributed by atoms with van der Waals surface area (Å²) in [7, 11) is -2.16. The van der Waals surface area contributed by atoms with Crippen LogP contribution in [0, 0.1) is 5.82 Å². The van der Waals surface area contributed by atoms with E-state index >= 15 is 0 Å². The topological polar surface area (TPSA) is 62.7 Å². The van der Waals surface area contributed by atoms with Gasteiger partial charge < -0.3 is 9.64 Å². The molecule has 0 saturated carbocycles. The number of anilines is 1. The Morgan fingerprint density at radius 3 is 2.57 bits per heavy atom. The number of hydrogen-bond donors (Lipinski definition) is 0. The molecule has 0 aliphatic carbocycles. The molecule has 4 rings (SSSR count). The van der Waals surface area contributed by atoms with Gasteiger partial charge in [-0.15, -0.1) is 11.3 Å². The van der Waals surface area contributed by atoms with Gasteiger partial charge in [-0.05, 0) is 30.3 Å². The molecule has 2 aromatic carbocycles. The van der Waals surface area contributed by atoms with Gasteiger partial charge >= 0.3 is 0 Å². The number of thiazole rings is 1. The van der Waals surface area contributed by atoms with Gasteiger partial charge in [-0.2, -0.15) is 4.31 Å². The van der Waals surface area contributed by atoms with E-state index in [2.05, 4.69) is 4.90 Å². The van der Waals surface area contributed by atoms with Crippen LogP contribution in [0.2, 0.25) is 5.02 Å². The molecular formula is C20H19ClFN3O3S2. The fourth-order valence-electron chi connectivity index (χ4n) is 3.33. The molecule has 0 spiro atoms. The van der Waals surface area contributed by atoms with Gasteiger partial charge in [0.1, 0.15) is 16.5 Å². The average molecular weight is 468 g/mol. The van der Waals surface area contributed by atoms with Gasteiger partial charge in [0.05, 0.1) is 17.8 Å². The van der Waals surface area contributed by atoms with Crippen LogP contribution in [0.4, 0.5) is 9.52 Å². The lowest BCUT2D eigenvalue weighted by molar-refractivity contribution is 0.384. The Kier molecular flexibility index (Phi) is 5.97. The lowest BCUT2D eigenvalue weighted by Gasteiger charge is -2.33. The molecule has 3 aromatic rings. The van der Waals surface area contributed by atoms with E-state index in [4.69, 9.17) is 21.3 Å². The van der Waals surface area contributed by atoms with Gasteiger partial charge in [0.25, 0.3) is 0 Å². The zero-order valence-electron chi connectivity index (χ0n) is 16.1. The Morgan fingerprint density at radius 1 is 1.13 bits per heavy atom. The van der Waals surface area contributed by atoms with Crippen molar-refractivity contribution in [2.24, 2.45) is 0 Å². The number of nitrogens with zero attached hydrogens (tertiary/aromatic N) is 3. The Morgan fingerprint density at radius 2 is 1.87 bits per heavy atom. The summed E-state index contributed by atoms with van der Waals surface area (Å²) in [5.41, 5.74) is 1.73. The van der Waals surface area contributed by atoms with Crippen molar-refractivity contribution in [1.29, 1.82) is 0 Å². The maximum atomic E-state index is 13.3. The third kappa shape index (κ3) is 4.02. The van der Waals surface area contributed by atoms with Crippen LogP contribution in [0.25, 0.3) is 11.3 Å². The van der Waals surface area contributed by atoms with Crippen molar-refractivity contribution in [3.8, 4) is 17.0 Å². The van der Waals surface area contributed by atoms with E-state index < -0.39 is 15.8 Å². The predicted molar refractivity (Wildman–Crippen MR) is 116 cm³/mol. The van der Waals surface area contributed by atoms with E-state index in [1.165, 1.54) is 21.7 Å². The monoisotopic (exact) mass is 467 g/mol. The first kappa shape index (κ1) is 21.0. The molecule has 0 N–H and O–H groups in total. The molecule has 1 aliphatic heterocycles. The highest BCUT2D eigenvalue weighted by Gasteiger charge is 2.31. The van der Waals surface area contributed by atoms with Gasteiger partial charge in [-0.1, -0.05) is 23.7 Å². The second-order valence-electron chi connectivity index (χ2n) is 6.68. The first-order chi connectivity index (χ1) is 14.4. The smallest absolute Gasteiger partial charge is 0.244 e. The second kappa shape index (κ2) is 8.50. The van der Waals surface area contributed by atoms with Gasteiger partial charge in [0.2, 0.25) is 10.0 Å². The van der Waals surface area contributed by atoms with Crippen LogP contribution in [0.1, 0.15) is 0 Å². The summed E-state index contributed by atoms with van der Waals surface area (Å²) in [4.78, 5) is 6.70. The van der Waals surface area contributed by atoms with Gasteiger partial charge in [-0.25, -0.2) is 17.8 Å². The molecule has 0 unspecified atom stereocenters. The summed E-state index contributed by atoms with van der Waals surface area (Å²) in [6.07, 6.45) is 0. The molecule has 0 amide bonds. The van der Waals surface area contributed by atoms with Crippen LogP contribution in [0.15, 0.2) is 52.7 Å². The largest absolute Gasteiger partial charge is 0.496 e. The number of halogens is 2. The molecule has 1 fully saturated rings. The van der Waals surface area contributed by atoms with E-state index in [1.807, 2.05) is 29.6 Å². The van der Waals surface area contributed by atoms with E-state index in [0.717, 1.165) is 34.3 Å². The Labute approximate surface area is 183 Å². The average Bonchev–Trinajstić information content (AvgIpc) is 3.23. The number of sulfonamides is 1. The molecule has 158 valence electrons. The quantitative estimate of drug-likeness (QED) is 0.564. The van der Waals surface area contributed by atoms with Crippen LogP contribution < -0.4 is 9.64 Å². The van der Waals surface area contributed by atoms with Gasteiger partial charge in [-0.3, -0.25) is 0 Å². The summed E-state index contributed by atoms with van der Waals surface area (Å²) in [6.45, 7) is 1.58. The normalized spacial score (nSPS) is 15.4. The van der Waals surface area contributed by atoms with Crippen LogP contribution >= 0.6 is 22.9 Å². The van der Waals surface area contributed by atoms with Crippen molar-refractivity contribution < 1.29 is 17.5 Å². The number of benzene rings is 2. The van der Waals surface area contributed by atoms with Crippen molar-refractivity contribution in [3.63, 3.8) is 0 Å². The Hall–Kier alpha value is -2.20. The standard InChI is InChI=1S/C20H19ClFN3O3S2/c1-28-18-5-3-2-4-15(18)17-13-29-20(23-17)24-8-10-25(11-9-24)30(26,27)19-7-6-14(22)12-16(19)21/h2-7,12-13H,8-11H2,1H3. The van der Waals surface area contributed by atoms with Gasteiger partial charge in [0, 0.05) is 37.1 Å². The number of hydrogen-bond acceptors (Lipinski definition) is 6. The second-order valence-corrected chi connectivity index (χ2v) is 9.83. The maximum Gasteiger partial charge on any atom is 0.244 e. The lowest BCUT2D eigenvalue weighted by atomic mass is 10.1. The minimum atomic E-state index is -3.79. The first-order valence-corrected chi connectivity index (χ1v) is 11.9. The summed E-state index contributed by atoms with van der Waals surface area (Å²) < 4.78 is 45.8. The first-order valence-electron chi connectivity index (χ1n) is 9.19. The summed E-state index contributed by atoms with van der Waals surface area (Å²) in [5, 5.41) is 2.68. The number of piperazine rings is 1. The predicted octanol–water partition coefficient (Wildman–Crippen LogP) is 4.12. The minimum absolute atomic E-state index is 0.0771. The highest BCUT2D eigenvalue weighted by Crippen LogP contribution is 2.34. The molecule has 0 radical (unpaired) electrons. The van der Waals surface area contributed by atoms with E-state index in [0.29, 0.717) is 26.2 Å². The fourth-order valence-corrected chi connectivity index (χ4v) is 6.14. The zero-order valence-corrected chi connectivity index (χ0v) is 18.5. The SMILES string of the molecule is COc1ccccc1-c1csc(N2CCN(S(=O)(=O)c3ccc(F)cc3Cl)CC2)n1. The van der Waals surface area contributed by atoms with Crippen molar-refractivity contribution in [2.45, 2.75) is 4.90 Å².